The Balaban J connectivity index is 1.60. The summed E-state index contributed by atoms with van der Waals surface area (Å²) in [6.07, 6.45) is 5.60. The number of nitrogen functional groups attached to an aromatic ring is 1. The fourth-order valence-corrected chi connectivity index (χ4v) is 4.31. The van der Waals surface area contributed by atoms with E-state index < -0.39 is 0 Å². The van der Waals surface area contributed by atoms with E-state index in [0.29, 0.717) is 11.1 Å². The van der Waals surface area contributed by atoms with Crippen LogP contribution in [-0.2, 0) is 4.79 Å². The Morgan fingerprint density at radius 1 is 1.12 bits per heavy atom. The predicted molar refractivity (Wildman–Crippen MR) is 97.6 cm³/mol. The average molecular weight is 357 g/mol. The molecule has 1 atom stereocenters. The smallest absolute Gasteiger partial charge is 0.240 e. The Morgan fingerprint density at radius 2 is 1.84 bits per heavy atom. The van der Waals surface area contributed by atoms with E-state index in [4.69, 9.17) is 5.84 Å². The maximum absolute atomic E-state index is 13.2. The van der Waals surface area contributed by atoms with Gasteiger partial charge in [-0.05, 0) is 37.7 Å². The van der Waals surface area contributed by atoms with Gasteiger partial charge in [0.1, 0.15) is 5.25 Å². The fraction of sp³-hybridized carbons (Fsp3) is 0.500. The van der Waals surface area contributed by atoms with Crippen molar-refractivity contribution in [2.24, 2.45) is 0 Å². The predicted octanol–water partition coefficient (Wildman–Crippen LogP) is 2.72. The molecule has 4 rings (SSSR count). The lowest BCUT2D eigenvalue weighted by atomic mass is 10.1. The molecule has 1 amide bonds. The molecule has 1 aliphatic carbocycles. The molecule has 1 aromatic heterocycles. The normalized spacial score (nSPS) is 19.0. The summed E-state index contributed by atoms with van der Waals surface area (Å²) in [5, 5.41) is 8.77. The minimum Gasteiger partial charge on any atom is -0.341 e. The molecule has 25 heavy (non-hydrogen) atoms. The summed E-state index contributed by atoms with van der Waals surface area (Å²) in [6, 6.07) is 9.90. The number of amides is 1. The molecule has 6 nitrogen and oxygen atoms in total. The van der Waals surface area contributed by atoms with Crippen molar-refractivity contribution in [1.82, 2.24) is 19.8 Å². The number of nitrogens with zero attached hydrogens (tertiary/aromatic N) is 4. The van der Waals surface area contributed by atoms with Crippen LogP contribution >= 0.6 is 11.8 Å². The highest BCUT2D eigenvalue weighted by atomic mass is 32.2. The van der Waals surface area contributed by atoms with Gasteiger partial charge in [0.25, 0.3) is 0 Å². The maximum Gasteiger partial charge on any atom is 0.240 e. The third-order valence-corrected chi connectivity index (χ3v) is 6.05. The molecule has 7 heteroatoms. The summed E-state index contributed by atoms with van der Waals surface area (Å²) in [6.45, 7) is 1.68. The van der Waals surface area contributed by atoms with E-state index in [9.17, 15) is 4.79 Å². The van der Waals surface area contributed by atoms with Gasteiger partial charge < -0.3 is 10.7 Å². The zero-order valence-electron chi connectivity index (χ0n) is 14.2. The first-order valence-electron chi connectivity index (χ1n) is 8.95. The van der Waals surface area contributed by atoms with Crippen LogP contribution in [0.1, 0.15) is 54.7 Å². The van der Waals surface area contributed by atoms with Crippen molar-refractivity contribution in [1.29, 1.82) is 0 Å². The van der Waals surface area contributed by atoms with Gasteiger partial charge in [-0.1, -0.05) is 42.1 Å². The number of likely N-dealkylation sites (tertiary alicyclic amines) is 1. The van der Waals surface area contributed by atoms with Crippen molar-refractivity contribution < 1.29 is 4.79 Å². The van der Waals surface area contributed by atoms with Crippen LogP contribution in [0.25, 0.3) is 0 Å². The van der Waals surface area contributed by atoms with Crippen molar-refractivity contribution in [3.05, 3.63) is 41.7 Å². The fourth-order valence-electron chi connectivity index (χ4n) is 3.26. The van der Waals surface area contributed by atoms with Crippen LogP contribution in [0, 0.1) is 0 Å². The number of nitrogens with two attached hydrogens (primary N) is 1. The number of carbonyl (C=O) groups excluding carboxylic acids is 1. The number of hydrogen-bond donors (Lipinski definition) is 1. The number of piperidine rings is 1. The number of carbonyl (C=O) groups is 1. The minimum absolute atomic E-state index is 0.145. The van der Waals surface area contributed by atoms with Gasteiger partial charge in [-0.25, -0.2) is 4.68 Å². The van der Waals surface area contributed by atoms with Crippen molar-refractivity contribution in [3.63, 3.8) is 0 Å². The van der Waals surface area contributed by atoms with E-state index >= 15 is 0 Å². The lowest BCUT2D eigenvalue weighted by molar-refractivity contribution is -0.131. The van der Waals surface area contributed by atoms with Crippen LogP contribution in [0.4, 0.5) is 0 Å². The lowest BCUT2D eigenvalue weighted by Gasteiger charge is -2.30. The Hall–Kier alpha value is -2.02. The van der Waals surface area contributed by atoms with Crippen LogP contribution in [0.3, 0.4) is 0 Å². The topological polar surface area (TPSA) is 77.0 Å². The zero-order chi connectivity index (χ0) is 17.2. The van der Waals surface area contributed by atoms with Gasteiger partial charge in [-0.2, -0.15) is 0 Å². The van der Waals surface area contributed by atoms with Crippen molar-refractivity contribution >= 4 is 17.7 Å². The Kier molecular flexibility index (Phi) is 4.65. The van der Waals surface area contributed by atoms with Crippen molar-refractivity contribution in [2.45, 2.75) is 48.4 Å². The summed E-state index contributed by atoms with van der Waals surface area (Å²) < 4.78 is 1.57. The second kappa shape index (κ2) is 7.07. The molecule has 0 spiro atoms. The van der Waals surface area contributed by atoms with Gasteiger partial charge in [0, 0.05) is 19.0 Å². The third kappa shape index (κ3) is 3.51. The van der Waals surface area contributed by atoms with Crippen LogP contribution in [0.15, 0.2) is 35.5 Å². The van der Waals surface area contributed by atoms with Crippen molar-refractivity contribution in [3.8, 4) is 0 Å². The maximum atomic E-state index is 13.2. The third-order valence-electron chi connectivity index (χ3n) is 4.85. The summed E-state index contributed by atoms with van der Waals surface area (Å²) in [4.78, 5) is 15.2. The average Bonchev–Trinajstić information content (AvgIpc) is 3.44. The largest absolute Gasteiger partial charge is 0.341 e. The second-order valence-electron chi connectivity index (χ2n) is 6.78. The van der Waals surface area contributed by atoms with Crippen LogP contribution in [0.2, 0.25) is 0 Å². The highest BCUT2D eigenvalue weighted by molar-refractivity contribution is 8.00. The van der Waals surface area contributed by atoms with Crippen LogP contribution in [0.5, 0.6) is 0 Å². The number of aromatic nitrogens is 3. The molecule has 0 bridgehead atoms. The number of benzene rings is 1. The van der Waals surface area contributed by atoms with Gasteiger partial charge in [0.15, 0.2) is 5.82 Å². The Labute approximate surface area is 151 Å². The highest BCUT2D eigenvalue weighted by Crippen LogP contribution is 2.41. The van der Waals surface area contributed by atoms with E-state index in [1.807, 2.05) is 35.2 Å². The molecule has 1 aliphatic heterocycles. The van der Waals surface area contributed by atoms with E-state index in [1.165, 1.54) is 18.2 Å². The number of hydrogen-bond acceptors (Lipinski definition) is 5. The van der Waals surface area contributed by atoms with E-state index in [0.717, 1.165) is 50.2 Å². The SMILES string of the molecule is Nn1c(S[C@H](C(=O)N2CCCCC2)c2ccccc2)nnc1C1CC1. The summed E-state index contributed by atoms with van der Waals surface area (Å²) in [5.74, 6) is 7.60. The first kappa shape index (κ1) is 16.4. The van der Waals surface area contributed by atoms with Gasteiger partial charge in [-0.3, -0.25) is 4.79 Å². The van der Waals surface area contributed by atoms with Gasteiger partial charge in [-0.15, -0.1) is 10.2 Å². The van der Waals surface area contributed by atoms with Crippen LogP contribution in [-0.4, -0.2) is 38.8 Å². The molecule has 1 aromatic carbocycles. The lowest BCUT2D eigenvalue weighted by Crippen LogP contribution is -2.38. The quantitative estimate of drug-likeness (QED) is 0.658. The molecule has 2 N–H and O–H groups in total. The first-order chi connectivity index (χ1) is 12.2. The molecular weight excluding hydrogens is 334 g/mol. The molecule has 0 radical (unpaired) electrons. The zero-order valence-corrected chi connectivity index (χ0v) is 15.0. The van der Waals surface area contributed by atoms with E-state index in [-0.39, 0.29) is 11.2 Å². The molecule has 2 aromatic rings. The minimum atomic E-state index is -0.335. The molecule has 1 saturated carbocycles. The monoisotopic (exact) mass is 357 g/mol. The Morgan fingerprint density at radius 3 is 2.52 bits per heavy atom. The summed E-state index contributed by atoms with van der Waals surface area (Å²) in [7, 11) is 0. The molecule has 1 saturated heterocycles. The van der Waals surface area contributed by atoms with E-state index in [2.05, 4.69) is 10.2 Å². The summed E-state index contributed by atoms with van der Waals surface area (Å²) in [5.41, 5.74) is 0.985. The van der Waals surface area contributed by atoms with Gasteiger partial charge >= 0.3 is 0 Å². The molecule has 132 valence electrons. The molecular formula is C18H23N5OS. The highest BCUT2D eigenvalue weighted by Gasteiger charge is 2.33. The van der Waals surface area contributed by atoms with Crippen LogP contribution < -0.4 is 5.84 Å². The molecule has 0 unspecified atom stereocenters. The second-order valence-corrected chi connectivity index (χ2v) is 7.85. The molecule has 2 aliphatic rings. The molecule has 2 fully saturated rings. The standard InChI is InChI=1S/C18H23N5OS/c19-23-16(14-9-10-14)20-21-18(23)25-15(13-7-3-1-4-8-13)17(24)22-11-5-2-6-12-22/h1,3-4,7-8,14-15H,2,5-6,9-12,19H2/t15-/m0/s1. The van der Waals surface area contributed by atoms with E-state index in [1.54, 1.807) is 4.68 Å². The first-order valence-corrected chi connectivity index (χ1v) is 9.83. The van der Waals surface area contributed by atoms with Gasteiger partial charge in [0.2, 0.25) is 11.1 Å². The number of thioether (sulfide) groups is 1. The Bertz CT molecular complexity index is 737. The van der Waals surface area contributed by atoms with Crippen molar-refractivity contribution in [2.75, 3.05) is 18.9 Å². The summed E-state index contributed by atoms with van der Waals surface area (Å²) >= 11 is 1.41. The molecule has 2 heterocycles. The number of rotatable bonds is 5. The van der Waals surface area contributed by atoms with Gasteiger partial charge in [0.05, 0.1) is 0 Å².